The van der Waals surface area contributed by atoms with Gasteiger partial charge in [0.2, 0.25) is 0 Å². The Bertz CT molecular complexity index is 214. The maximum atomic E-state index is 12.4. The molecule has 0 aliphatic rings. The van der Waals surface area contributed by atoms with Gasteiger partial charge in [-0.15, -0.1) is 0 Å². The normalized spacial score (nSPS) is 15.4. The Labute approximate surface area is 103 Å². The van der Waals surface area contributed by atoms with Gasteiger partial charge in [-0.05, 0) is 25.4 Å². The van der Waals surface area contributed by atoms with E-state index < -0.39 is 12.7 Å². The van der Waals surface area contributed by atoms with E-state index in [1.165, 1.54) is 4.90 Å². The monoisotopic (exact) mass is 254 g/mol. The largest absolute Gasteiger partial charge is 0.401 e. The molecule has 2 nitrogen and oxygen atoms in total. The highest BCUT2D eigenvalue weighted by atomic mass is 19.4. The van der Waals surface area contributed by atoms with E-state index in [0.29, 0.717) is 13.1 Å². The highest BCUT2D eigenvalue weighted by Gasteiger charge is 2.34. The van der Waals surface area contributed by atoms with Crippen molar-refractivity contribution in [1.82, 2.24) is 10.2 Å². The molecule has 0 saturated carbocycles. The summed E-state index contributed by atoms with van der Waals surface area (Å²) in [7, 11) is 0. The van der Waals surface area contributed by atoms with Crippen LogP contribution in [0.15, 0.2) is 0 Å². The van der Waals surface area contributed by atoms with E-state index in [-0.39, 0.29) is 11.5 Å². The van der Waals surface area contributed by atoms with Crippen molar-refractivity contribution in [2.24, 2.45) is 5.41 Å². The van der Waals surface area contributed by atoms with Gasteiger partial charge >= 0.3 is 6.18 Å². The molecule has 1 N–H and O–H groups in total. The van der Waals surface area contributed by atoms with Crippen molar-refractivity contribution in [3.05, 3.63) is 0 Å². The molecule has 0 bridgehead atoms. The van der Waals surface area contributed by atoms with E-state index in [4.69, 9.17) is 0 Å². The minimum absolute atomic E-state index is 0.183. The van der Waals surface area contributed by atoms with Crippen molar-refractivity contribution >= 4 is 0 Å². The highest BCUT2D eigenvalue weighted by Crippen LogP contribution is 2.24. The third-order valence-corrected chi connectivity index (χ3v) is 3.16. The number of nitrogens with one attached hydrogen (secondary N) is 1. The van der Waals surface area contributed by atoms with Crippen LogP contribution in [0.25, 0.3) is 0 Å². The predicted molar refractivity (Wildman–Crippen MR) is 65.1 cm³/mol. The van der Waals surface area contributed by atoms with E-state index in [2.05, 4.69) is 5.32 Å². The maximum absolute atomic E-state index is 12.4. The van der Waals surface area contributed by atoms with Gasteiger partial charge in [0.1, 0.15) is 0 Å². The van der Waals surface area contributed by atoms with Crippen molar-refractivity contribution in [3.8, 4) is 0 Å². The van der Waals surface area contributed by atoms with Crippen molar-refractivity contribution < 1.29 is 13.2 Å². The summed E-state index contributed by atoms with van der Waals surface area (Å²) < 4.78 is 37.1. The Kier molecular flexibility index (Phi) is 6.48. The van der Waals surface area contributed by atoms with Crippen molar-refractivity contribution in [1.29, 1.82) is 0 Å². The molecule has 1 unspecified atom stereocenters. The Hall–Kier alpha value is -0.290. The summed E-state index contributed by atoms with van der Waals surface area (Å²) in [5.41, 5.74) is -0.183. The molecule has 0 aliphatic heterocycles. The van der Waals surface area contributed by atoms with Crippen LogP contribution >= 0.6 is 0 Å². The average Bonchev–Trinajstić information content (AvgIpc) is 2.14. The Morgan fingerprint density at radius 3 is 2.00 bits per heavy atom. The number of nitrogens with zero attached hydrogens (tertiary/aromatic N) is 1. The molecule has 0 saturated heterocycles. The van der Waals surface area contributed by atoms with Crippen LogP contribution < -0.4 is 5.32 Å². The molecule has 17 heavy (non-hydrogen) atoms. The van der Waals surface area contributed by atoms with Gasteiger partial charge in [0, 0.05) is 12.6 Å². The fourth-order valence-corrected chi connectivity index (χ4v) is 1.83. The summed E-state index contributed by atoms with van der Waals surface area (Å²) in [5.74, 6) is 0. The predicted octanol–water partition coefficient (Wildman–Crippen LogP) is 2.89. The molecule has 0 radical (unpaired) electrons. The van der Waals surface area contributed by atoms with Crippen molar-refractivity contribution in [3.63, 3.8) is 0 Å². The molecule has 0 aromatic rings. The molecule has 0 heterocycles. The number of hydrogen-bond donors (Lipinski definition) is 1. The molecule has 0 rings (SSSR count). The molecule has 1 atom stereocenters. The van der Waals surface area contributed by atoms with Crippen LogP contribution in [-0.2, 0) is 0 Å². The molecular formula is C12H25F3N2. The number of rotatable bonds is 7. The molecular weight excluding hydrogens is 229 g/mol. The van der Waals surface area contributed by atoms with Crippen LogP contribution in [0.5, 0.6) is 0 Å². The standard InChI is InChI=1S/C12H25F3N2/c1-6-16-10(3)11(4,5)8-17(7-2)9-12(13,14)15/h10,16H,6-9H2,1-5H3. The molecule has 0 fully saturated rings. The van der Waals surface area contributed by atoms with E-state index in [0.717, 1.165) is 6.54 Å². The van der Waals surface area contributed by atoms with Crippen LogP contribution in [0, 0.1) is 5.41 Å². The zero-order chi connectivity index (χ0) is 13.7. The van der Waals surface area contributed by atoms with Gasteiger partial charge in [-0.2, -0.15) is 13.2 Å². The van der Waals surface area contributed by atoms with E-state index in [1.54, 1.807) is 6.92 Å². The lowest BCUT2D eigenvalue weighted by Gasteiger charge is -2.37. The van der Waals surface area contributed by atoms with Crippen LogP contribution in [-0.4, -0.2) is 43.3 Å². The third kappa shape index (κ3) is 6.88. The molecule has 104 valence electrons. The van der Waals surface area contributed by atoms with E-state index >= 15 is 0 Å². The van der Waals surface area contributed by atoms with Gasteiger partial charge in [0.05, 0.1) is 6.54 Å². The molecule has 0 aromatic heterocycles. The van der Waals surface area contributed by atoms with Crippen LogP contribution in [0.3, 0.4) is 0 Å². The first kappa shape index (κ1) is 16.7. The minimum Gasteiger partial charge on any atom is -0.314 e. The Morgan fingerprint density at radius 2 is 1.65 bits per heavy atom. The maximum Gasteiger partial charge on any atom is 0.401 e. The fraction of sp³-hybridized carbons (Fsp3) is 1.00. The average molecular weight is 254 g/mol. The summed E-state index contributed by atoms with van der Waals surface area (Å²) in [4.78, 5) is 1.45. The molecule has 0 aromatic carbocycles. The molecule has 5 heteroatoms. The third-order valence-electron chi connectivity index (χ3n) is 3.16. The summed E-state index contributed by atoms with van der Waals surface area (Å²) in [6.45, 7) is 10.6. The second-order valence-corrected chi connectivity index (χ2v) is 5.19. The highest BCUT2D eigenvalue weighted by molar-refractivity contribution is 4.84. The smallest absolute Gasteiger partial charge is 0.314 e. The lowest BCUT2D eigenvalue weighted by molar-refractivity contribution is -0.148. The van der Waals surface area contributed by atoms with Gasteiger partial charge in [0.15, 0.2) is 0 Å². The molecule has 0 spiro atoms. The zero-order valence-electron chi connectivity index (χ0n) is 11.5. The van der Waals surface area contributed by atoms with E-state index in [9.17, 15) is 13.2 Å². The van der Waals surface area contributed by atoms with E-state index in [1.807, 2.05) is 27.7 Å². The molecule has 0 aliphatic carbocycles. The van der Waals surface area contributed by atoms with Crippen LogP contribution in [0.2, 0.25) is 0 Å². The summed E-state index contributed by atoms with van der Waals surface area (Å²) in [5, 5.41) is 3.27. The lowest BCUT2D eigenvalue weighted by Crippen LogP contribution is -2.48. The lowest BCUT2D eigenvalue weighted by atomic mass is 9.84. The first-order valence-corrected chi connectivity index (χ1v) is 6.15. The molecule has 0 amide bonds. The van der Waals surface area contributed by atoms with Gasteiger partial charge < -0.3 is 5.32 Å². The van der Waals surface area contributed by atoms with Gasteiger partial charge in [-0.3, -0.25) is 4.90 Å². The van der Waals surface area contributed by atoms with Gasteiger partial charge in [-0.25, -0.2) is 0 Å². The number of halogens is 3. The SMILES string of the molecule is CCNC(C)C(C)(C)CN(CC)CC(F)(F)F. The minimum atomic E-state index is -4.12. The Morgan fingerprint density at radius 1 is 1.12 bits per heavy atom. The zero-order valence-corrected chi connectivity index (χ0v) is 11.5. The summed E-state index contributed by atoms with van der Waals surface area (Å²) in [6.07, 6.45) is -4.12. The summed E-state index contributed by atoms with van der Waals surface area (Å²) >= 11 is 0. The van der Waals surface area contributed by atoms with Crippen molar-refractivity contribution in [2.45, 2.75) is 46.8 Å². The number of hydrogen-bond acceptors (Lipinski definition) is 2. The second-order valence-electron chi connectivity index (χ2n) is 5.19. The first-order valence-electron chi connectivity index (χ1n) is 6.15. The Balaban J connectivity index is 4.44. The van der Waals surface area contributed by atoms with Crippen molar-refractivity contribution in [2.75, 3.05) is 26.2 Å². The fourth-order valence-electron chi connectivity index (χ4n) is 1.83. The first-order chi connectivity index (χ1) is 7.62. The number of alkyl halides is 3. The van der Waals surface area contributed by atoms with Crippen LogP contribution in [0.4, 0.5) is 13.2 Å². The van der Waals surface area contributed by atoms with Crippen LogP contribution in [0.1, 0.15) is 34.6 Å². The summed E-state index contributed by atoms with van der Waals surface area (Å²) in [6, 6.07) is 0.190. The van der Waals surface area contributed by atoms with Gasteiger partial charge in [-0.1, -0.05) is 27.7 Å². The second kappa shape index (κ2) is 6.59. The van der Waals surface area contributed by atoms with Gasteiger partial charge in [0.25, 0.3) is 0 Å². The topological polar surface area (TPSA) is 15.3 Å². The quantitative estimate of drug-likeness (QED) is 0.751.